The van der Waals surface area contributed by atoms with Crippen molar-refractivity contribution in [3.63, 3.8) is 0 Å². The van der Waals surface area contributed by atoms with Crippen molar-refractivity contribution in [1.29, 1.82) is 0 Å². The van der Waals surface area contributed by atoms with Gasteiger partial charge in [-0.1, -0.05) is 33.7 Å². The van der Waals surface area contributed by atoms with Gasteiger partial charge < -0.3 is 4.74 Å². The zero-order chi connectivity index (χ0) is 19.2. The lowest BCUT2D eigenvalue weighted by molar-refractivity contribution is 0.0537. The molecule has 0 fully saturated rings. The second kappa shape index (κ2) is 6.92. The molecule has 0 amide bonds. The number of hydrogen-bond donors (Lipinski definition) is 0. The summed E-state index contributed by atoms with van der Waals surface area (Å²) in [6.45, 7) is 6.41. The Labute approximate surface area is 169 Å². The first-order valence-electron chi connectivity index (χ1n) is 9.35. The van der Waals surface area contributed by atoms with Gasteiger partial charge in [-0.25, -0.2) is 4.98 Å². The summed E-state index contributed by atoms with van der Waals surface area (Å²) >= 11 is 3.45. The number of fused-ring (bicyclic) bond motifs is 4. The summed E-state index contributed by atoms with van der Waals surface area (Å²) in [5, 5.41) is 0. The molecule has 0 saturated heterocycles. The van der Waals surface area contributed by atoms with Crippen LogP contribution in [0.4, 0.5) is 0 Å². The molecule has 2 bridgehead atoms. The van der Waals surface area contributed by atoms with Gasteiger partial charge in [-0.05, 0) is 75.7 Å². The van der Waals surface area contributed by atoms with Crippen molar-refractivity contribution >= 4 is 15.9 Å². The average Bonchev–Trinajstić information content (AvgIpc) is 2.62. The van der Waals surface area contributed by atoms with E-state index in [1.165, 1.54) is 11.1 Å². The number of hydrogen-bond acceptors (Lipinski definition) is 3. The van der Waals surface area contributed by atoms with E-state index in [9.17, 15) is 0 Å². The molecule has 0 N–H and O–H groups in total. The van der Waals surface area contributed by atoms with Crippen LogP contribution in [-0.4, -0.2) is 24.0 Å². The quantitative estimate of drug-likeness (QED) is 0.586. The Morgan fingerprint density at radius 3 is 2.63 bits per heavy atom. The largest absolute Gasteiger partial charge is 0.439 e. The summed E-state index contributed by atoms with van der Waals surface area (Å²) in [7, 11) is 4.35. The molecule has 2 aliphatic carbocycles. The van der Waals surface area contributed by atoms with Crippen LogP contribution >= 0.6 is 15.9 Å². The lowest BCUT2D eigenvalue weighted by Gasteiger charge is -2.54. The number of aromatic nitrogens is 1. The Hall–Kier alpha value is -1.91. The molecule has 27 heavy (non-hydrogen) atoms. The van der Waals surface area contributed by atoms with Gasteiger partial charge in [0.1, 0.15) is 5.75 Å². The zero-order valence-electron chi connectivity index (χ0n) is 16.1. The molecule has 140 valence electrons. The van der Waals surface area contributed by atoms with Gasteiger partial charge in [0.2, 0.25) is 5.88 Å². The van der Waals surface area contributed by atoms with Gasteiger partial charge in [0.25, 0.3) is 0 Å². The lowest BCUT2D eigenvalue weighted by atomic mass is 9.59. The van der Waals surface area contributed by atoms with Gasteiger partial charge in [0.05, 0.1) is 11.2 Å². The van der Waals surface area contributed by atoms with E-state index in [1.54, 1.807) is 0 Å². The second-order valence-electron chi connectivity index (χ2n) is 7.84. The molecule has 0 saturated carbocycles. The van der Waals surface area contributed by atoms with Crippen LogP contribution in [-0.2, 0) is 12.0 Å². The highest BCUT2D eigenvalue weighted by Gasteiger charge is 2.51. The summed E-state index contributed by atoms with van der Waals surface area (Å²) in [6, 6.07) is 12.0. The van der Waals surface area contributed by atoms with Crippen LogP contribution in [0.15, 0.2) is 65.2 Å². The summed E-state index contributed by atoms with van der Waals surface area (Å²) in [5.74, 6) is 2.27. The Kier molecular flexibility index (Phi) is 4.73. The number of halogens is 1. The first-order chi connectivity index (χ1) is 12.9. The van der Waals surface area contributed by atoms with E-state index in [-0.39, 0.29) is 5.54 Å². The van der Waals surface area contributed by atoms with E-state index in [4.69, 9.17) is 9.72 Å². The fourth-order valence-corrected chi connectivity index (χ4v) is 5.15. The number of nitrogens with zero attached hydrogens (tertiary/aromatic N) is 2. The van der Waals surface area contributed by atoms with Crippen LogP contribution in [0.2, 0.25) is 0 Å². The topological polar surface area (TPSA) is 25.4 Å². The number of rotatable bonds is 4. The molecule has 4 heteroatoms. The van der Waals surface area contributed by atoms with Gasteiger partial charge in [0, 0.05) is 16.5 Å². The molecule has 0 aliphatic heterocycles. The Morgan fingerprint density at radius 1 is 1.22 bits per heavy atom. The molecule has 3 atom stereocenters. The van der Waals surface area contributed by atoms with Crippen LogP contribution in [0, 0.1) is 11.8 Å². The van der Waals surface area contributed by atoms with Crippen LogP contribution < -0.4 is 4.74 Å². The molecule has 2 aromatic rings. The molecule has 1 aromatic heterocycles. The smallest absolute Gasteiger partial charge is 0.219 e. The standard InChI is InChI=1S/C23H25BrN2O/c1-5-19-16-12-15(2)14-23(19,26(3)4)20-10-11-22(25-21(20)13-16)27-18-8-6-17(24)7-9-18/h5-12,16,19H,1,13-14H2,2-4H3/t16-,19+,23+/m0/s1. The fourth-order valence-electron chi connectivity index (χ4n) is 4.89. The third-order valence-corrected chi connectivity index (χ3v) is 6.52. The van der Waals surface area contributed by atoms with Gasteiger partial charge in [0.15, 0.2) is 0 Å². The Bertz CT molecular complexity index is 903. The van der Waals surface area contributed by atoms with Crippen LogP contribution in [0.3, 0.4) is 0 Å². The minimum absolute atomic E-state index is 0.0814. The zero-order valence-corrected chi connectivity index (χ0v) is 17.7. The maximum atomic E-state index is 6.01. The molecule has 0 unspecified atom stereocenters. The van der Waals surface area contributed by atoms with Crippen molar-refractivity contribution in [2.24, 2.45) is 11.8 Å². The van der Waals surface area contributed by atoms with E-state index >= 15 is 0 Å². The minimum atomic E-state index is -0.0814. The first kappa shape index (κ1) is 18.5. The fraction of sp³-hybridized carbons (Fsp3) is 0.348. The molecule has 2 aliphatic rings. The monoisotopic (exact) mass is 424 g/mol. The summed E-state index contributed by atoms with van der Waals surface area (Å²) in [5.41, 5.74) is 3.82. The molecule has 0 spiro atoms. The maximum absolute atomic E-state index is 6.01. The van der Waals surface area contributed by atoms with Gasteiger partial charge in [-0.2, -0.15) is 0 Å². The summed E-state index contributed by atoms with van der Waals surface area (Å²) in [4.78, 5) is 7.27. The normalized spacial score (nSPS) is 26.3. The number of ether oxygens (including phenoxy) is 1. The van der Waals surface area contributed by atoms with Gasteiger partial charge in [-0.3, -0.25) is 4.90 Å². The van der Waals surface area contributed by atoms with E-state index in [0.29, 0.717) is 17.7 Å². The van der Waals surface area contributed by atoms with Crippen molar-refractivity contribution < 1.29 is 4.74 Å². The van der Waals surface area contributed by atoms with Crippen LogP contribution in [0.25, 0.3) is 0 Å². The highest BCUT2D eigenvalue weighted by atomic mass is 79.9. The van der Waals surface area contributed by atoms with E-state index in [1.807, 2.05) is 30.3 Å². The highest BCUT2D eigenvalue weighted by molar-refractivity contribution is 9.10. The molecular formula is C23H25BrN2O. The Morgan fingerprint density at radius 2 is 1.96 bits per heavy atom. The Balaban J connectivity index is 1.76. The van der Waals surface area contributed by atoms with Gasteiger partial charge >= 0.3 is 0 Å². The minimum Gasteiger partial charge on any atom is -0.439 e. The van der Waals surface area contributed by atoms with Crippen molar-refractivity contribution in [3.05, 3.63) is 76.4 Å². The predicted molar refractivity (Wildman–Crippen MR) is 113 cm³/mol. The average molecular weight is 425 g/mol. The van der Waals surface area contributed by atoms with Crippen molar-refractivity contribution in [3.8, 4) is 11.6 Å². The van der Waals surface area contributed by atoms with Crippen LogP contribution in [0.1, 0.15) is 24.6 Å². The summed E-state index contributed by atoms with van der Waals surface area (Å²) < 4.78 is 7.04. The first-order valence-corrected chi connectivity index (χ1v) is 10.1. The molecule has 0 radical (unpaired) electrons. The number of benzene rings is 1. The molecule has 1 heterocycles. The van der Waals surface area contributed by atoms with E-state index in [2.05, 4.69) is 66.6 Å². The second-order valence-corrected chi connectivity index (χ2v) is 8.75. The SMILES string of the molecule is C=C[C@@H]1[C@H]2C=C(C)C[C@]1(N(C)C)c1ccc(Oc3ccc(Br)cc3)nc1C2. The van der Waals surface area contributed by atoms with Crippen molar-refractivity contribution in [2.75, 3.05) is 14.1 Å². The van der Waals surface area contributed by atoms with Gasteiger partial charge in [-0.15, -0.1) is 6.58 Å². The van der Waals surface area contributed by atoms with Crippen molar-refractivity contribution in [1.82, 2.24) is 9.88 Å². The predicted octanol–water partition coefficient (Wildman–Crippen LogP) is 5.72. The van der Waals surface area contributed by atoms with E-state index < -0.39 is 0 Å². The van der Waals surface area contributed by atoms with Crippen LogP contribution in [0.5, 0.6) is 11.6 Å². The molecule has 3 nitrogen and oxygen atoms in total. The maximum Gasteiger partial charge on any atom is 0.219 e. The van der Waals surface area contributed by atoms with Crippen molar-refractivity contribution in [2.45, 2.75) is 25.3 Å². The molecule has 1 aromatic carbocycles. The molecule has 4 rings (SSSR count). The third kappa shape index (κ3) is 3.05. The highest BCUT2D eigenvalue weighted by Crippen LogP contribution is 2.53. The third-order valence-electron chi connectivity index (χ3n) is 5.99. The summed E-state index contributed by atoms with van der Waals surface area (Å²) in [6.07, 6.45) is 6.50. The van der Waals surface area contributed by atoms with E-state index in [0.717, 1.165) is 28.8 Å². The molecular weight excluding hydrogens is 400 g/mol. The number of pyridine rings is 1. The number of allylic oxidation sites excluding steroid dienone is 1. The lowest BCUT2D eigenvalue weighted by Crippen LogP contribution is -2.54.